The first-order valence-corrected chi connectivity index (χ1v) is 12.4. The van der Waals surface area contributed by atoms with Crippen molar-refractivity contribution in [1.29, 1.82) is 0 Å². The topological polar surface area (TPSA) is 87.7 Å². The fourth-order valence-electron chi connectivity index (χ4n) is 5.91. The Morgan fingerprint density at radius 1 is 1.35 bits per heavy atom. The molecule has 3 rings (SSSR count). The Labute approximate surface area is 190 Å². The molecule has 0 aliphatic heterocycles. The maximum absolute atomic E-state index is 12.8. The van der Waals surface area contributed by atoms with Crippen molar-refractivity contribution < 1.29 is 19.4 Å². The molecule has 2 amide bonds. The first-order valence-electron chi connectivity index (χ1n) is 11.5. The van der Waals surface area contributed by atoms with Gasteiger partial charge in [-0.25, -0.2) is 0 Å². The van der Waals surface area contributed by atoms with Crippen molar-refractivity contribution in [3.05, 3.63) is 22.4 Å². The first kappa shape index (κ1) is 24.2. The molecule has 31 heavy (non-hydrogen) atoms. The molecule has 1 heterocycles. The molecule has 2 saturated carbocycles. The Bertz CT molecular complexity index is 740. The summed E-state index contributed by atoms with van der Waals surface area (Å²) in [5.74, 6) is -0.0701. The second-order valence-corrected chi connectivity index (χ2v) is 10.8. The minimum absolute atomic E-state index is 0.00507. The average Bonchev–Trinajstić information content (AvgIpc) is 3.26. The lowest BCUT2D eigenvalue weighted by molar-refractivity contribution is -0.144. The van der Waals surface area contributed by atoms with Gasteiger partial charge in [-0.3, -0.25) is 9.59 Å². The molecule has 3 N–H and O–H groups in total. The van der Waals surface area contributed by atoms with E-state index < -0.39 is 6.10 Å². The molecule has 6 nitrogen and oxygen atoms in total. The molecule has 2 fully saturated rings. The first-order chi connectivity index (χ1) is 14.8. The van der Waals surface area contributed by atoms with Crippen LogP contribution in [-0.4, -0.2) is 42.8 Å². The van der Waals surface area contributed by atoms with E-state index in [0.717, 1.165) is 30.6 Å². The molecule has 0 bridgehead atoms. The van der Waals surface area contributed by atoms with Crippen LogP contribution in [0.4, 0.5) is 0 Å². The highest BCUT2D eigenvalue weighted by atomic mass is 32.1. The van der Waals surface area contributed by atoms with Gasteiger partial charge in [0, 0.05) is 30.4 Å². The molecule has 1 aromatic rings. The van der Waals surface area contributed by atoms with Gasteiger partial charge in [0.1, 0.15) is 0 Å². The summed E-state index contributed by atoms with van der Waals surface area (Å²) >= 11 is 1.63. The van der Waals surface area contributed by atoms with Gasteiger partial charge in [0.25, 0.3) is 0 Å². The summed E-state index contributed by atoms with van der Waals surface area (Å²) in [6.07, 6.45) is 3.60. The van der Waals surface area contributed by atoms with Crippen LogP contribution in [0.3, 0.4) is 0 Å². The Hall–Kier alpha value is -1.44. The summed E-state index contributed by atoms with van der Waals surface area (Å²) in [7, 11) is 1.60. The third-order valence-corrected chi connectivity index (χ3v) is 8.72. The van der Waals surface area contributed by atoms with Crippen LogP contribution < -0.4 is 10.6 Å². The highest BCUT2D eigenvalue weighted by Gasteiger charge is 2.53. The smallest absolute Gasteiger partial charge is 0.223 e. The number of hydrogen-bond donors (Lipinski definition) is 3. The number of hydrogen-bond acceptors (Lipinski definition) is 5. The zero-order valence-electron chi connectivity index (χ0n) is 19.2. The number of carbonyl (C=O) groups excluding carboxylic acids is 2. The SMILES string of the molecule is COCCC(=O)NC1CCC2(C)CCC(C(C)C(=O)NCc3cccs3)C(O)C2C1C. The molecule has 174 valence electrons. The second-order valence-electron chi connectivity index (χ2n) is 9.77. The van der Waals surface area contributed by atoms with Gasteiger partial charge in [-0.05, 0) is 60.3 Å². The maximum Gasteiger partial charge on any atom is 0.223 e. The Morgan fingerprint density at radius 3 is 2.77 bits per heavy atom. The van der Waals surface area contributed by atoms with Crippen molar-refractivity contribution >= 4 is 23.2 Å². The van der Waals surface area contributed by atoms with Gasteiger partial charge in [0.05, 0.1) is 19.3 Å². The Morgan fingerprint density at radius 2 is 2.10 bits per heavy atom. The number of thiophene rings is 1. The van der Waals surface area contributed by atoms with Gasteiger partial charge in [-0.2, -0.15) is 0 Å². The van der Waals surface area contributed by atoms with Crippen LogP contribution in [0.5, 0.6) is 0 Å². The summed E-state index contributed by atoms with van der Waals surface area (Å²) in [5, 5.41) is 19.7. The van der Waals surface area contributed by atoms with E-state index in [1.807, 2.05) is 24.4 Å². The van der Waals surface area contributed by atoms with Gasteiger partial charge in [0.15, 0.2) is 0 Å². The van der Waals surface area contributed by atoms with E-state index in [1.165, 1.54) is 0 Å². The van der Waals surface area contributed by atoms with Crippen molar-refractivity contribution in [2.75, 3.05) is 13.7 Å². The summed E-state index contributed by atoms with van der Waals surface area (Å²) < 4.78 is 5.02. The van der Waals surface area contributed by atoms with Gasteiger partial charge < -0.3 is 20.5 Å². The van der Waals surface area contributed by atoms with Crippen LogP contribution in [-0.2, 0) is 20.9 Å². The van der Waals surface area contributed by atoms with Crippen LogP contribution in [0.2, 0.25) is 0 Å². The zero-order valence-corrected chi connectivity index (χ0v) is 20.0. The maximum atomic E-state index is 12.8. The van der Waals surface area contributed by atoms with Crippen LogP contribution in [0.1, 0.15) is 57.8 Å². The fraction of sp³-hybridized carbons (Fsp3) is 0.750. The third kappa shape index (κ3) is 5.49. The summed E-state index contributed by atoms with van der Waals surface area (Å²) in [4.78, 5) is 26.2. The molecule has 0 spiro atoms. The molecule has 2 aliphatic rings. The molecule has 7 unspecified atom stereocenters. The number of nitrogens with one attached hydrogen (secondary N) is 2. The highest BCUT2D eigenvalue weighted by Crippen LogP contribution is 2.55. The van der Waals surface area contributed by atoms with Gasteiger partial charge in [-0.15, -0.1) is 11.3 Å². The molecule has 1 aromatic heterocycles. The quantitative estimate of drug-likeness (QED) is 0.567. The number of fused-ring (bicyclic) bond motifs is 1. The summed E-state index contributed by atoms with van der Waals surface area (Å²) in [5.41, 5.74) is 0.0518. The molecular formula is C24H38N2O4S. The summed E-state index contributed by atoms with van der Waals surface area (Å²) in [6.45, 7) is 7.32. The Balaban J connectivity index is 1.64. The van der Waals surface area contributed by atoms with Gasteiger partial charge >= 0.3 is 0 Å². The van der Waals surface area contributed by atoms with Gasteiger partial charge in [0.2, 0.25) is 11.8 Å². The van der Waals surface area contributed by atoms with E-state index in [1.54, 1.807) is 18.4 Å². The van der Waals surface area contributed by atoms with E-state index in [0.29, 0.717) is 19.6 Å². The van der Waals surface area contributed by atoms with Crippen LogP contribution in [0, 0.1) is 29.1 Å². The van der Waals surface area contributed by atoms with Crippen molar-refractivity contribution in [3.8, 4) is 0 Å². The fourth-order valence-corrected chi connectivity index (χ4v) is 6.56. The average molecular weight is 451 g/mol. The lowest BCUT2D eigenvalue weighted by Crippen LogP contribution is -2.58. The van der Waals surface area contributed by atoms with E-state index in [9.17, 15) is 14.7 Å². The predicted octanol–water partition coefficient (Wildman–Crippen LogP) is 3.35. The molecule has 0 radical (unpaired) electrons. The van der Waals surface area contributed by atoms with Crippen molar-refractivity contribution in [1.82, 2.24) is 10.6 Å². The molecule has 2 aliphatic carbocycles. The number of methoxy groups -OCH3 is 1. The molecular weight excluding hydrogens is 412 g/mol. The van der Waals surface area contributed by atoms with Gasteiger partial charge in [-0.1, -0.05) is 26.8 Å². The molecule has 0 saturated heterocycles. The minimum atomic E-state index is -0.546. The number of carbonyl (C=O) groups is 2. The number of aliphatic hydroxyl groups excluding tert-OH is 1. The number of ether oxygens (including phenoxy) is 1. The zero-order chi connectivity index (χ0) is 22.6. The Kier molecular flexibility index (Phi) is 8.16. The summed E-state index contributed by atoms with van der Waals surface area (Å²) in [6, 6.07) is 4.05. The van der Waals surface area contributed by atoms with Crippen LogP contribution in [0.25, 0.3) is 0 Å². The monoisotopic (exact) mass is 450 g/mol. The predicted molar refractivity (Wildman–Crippen MR) is 122 cm³/mol. The lowest BCUT2D eigenvalue weighted by Gasteiger charge is -2.56. The van der Waals surface area contributed by atoms with E-state index >= 15 is 0 Å². The third-order valence-electron chi connectivity index (χ3n) is 7.84. The van der Waals surface area contributed by atoms with E-state index in [2.05, 4.69) is 24.5 Å². The molecule has 7 atom stereocenters. The largest absolute Gasteiger partial charge is 0.392 e. The second kappa shape index (κ2) is 10.5. The van der Waals surface area contributed by atoms with E-state index in [-0.39, 0.29) is 46.9 Å². The van der Waals surface area contributed by atoms with E-state index in [4.69, 9.17) is 4.74 Å². The van der Waals surface area contributed by atoms with Crippen LogP contribution >= 0.6 is 11.3 Å². The minimum Gasteiger partial charge on any atom is -0.392 e. The van der Waals surface area contributed by atoms with Crippen molar-refractivity contribution in [3.63, 3.8) is 0 Å². The number of rotatable bonds is 8. The molecule has 7 heteroatoms. The van der Waals surface area contributed by atoms with Crippen molar-refractivity contribution in [2.45, 2.75) is 71.6 Å². The van der Waals surface area contributed by atoms with Crippen molar-refractivity contribution in [2.24, 2.45) is 29.1 Å². The number of aliphatic hydroxyl groups is 1. The lowest BCUT2D eigenvalue weighted by atomic mass is 9.51. The molecule has 0 aromatic carbocycles. The normalized spacial score (nSPS) is 33.9. The standard InChI is InChI=1S/C24H38N2O4S/c1-15(23(29)25-14-17-6-5-13-31-17)18-7-10-24(3)11-8-19(16(2)21(24)22(18)28)26-20(27)9-12-30-4/h5-6,13,15-16,18-19,21-22,28H,7-12,14H2,1-4H3,(H,25,29)(H,26,27). The van der Waals surface area contributed by atoms with Crippen LogP contribution in [0.15, 0.2) is 17.5 Å². The number of amides is 2. The highest BCUT2D eigenvalue weighted by molar-refractivity contribution is 7.09.